The van der Waals surface area contributed by atoms with Gasteiger partial charge in [0.15, 0.2) is 11.4 Å². The van der Waals surface area contributed by atoms with Gasteiger partial charge in [0.05, 0.1) is 24.3 Å². The first-order valence-corrected chi connectivity index (χ1v) is 18.9. The molecular weight excluding hydrogens is 879 g/mol. The van der Waals surface area contributed by atoms with E-state index in [9.17, 15) is 9.59 Å². The quantitative estimate of drug-likeness (QED) is 0.0821. The van der Waals surface area contributed by atoms with Crippen molar-refractivity contribution in [3.63, 3.8) is 0 Å². The highest BCUT2D eigenvalue weighted by molar-refractivity contribution is 9.10. The summed E-state index contributed by atoms with van der Waals surface area (Å²) in [5.41, 5.74) is 8.88. The molecule has 0 saturated carbocycles. The number of methoxy groups -OCH3 is 2. The standard InChI is InChI=1S/C19H21BrClNO4.C13H18ClNO3.C6H4BrClO/c1-11-7-13(10-26-17-6-5-14(20)9-16(17)21)15(8-12(11)2)18(22-25-4)19(23)24-3;1-8-5-10(7-14)11(6-9(8)2)12(15-18-4)13(16)17-3;7-4-1-2-6(9)5(8)3-4/h5-6,9H,7-8,10H2,1-4H3;5-7H2,1-4H3;1-3,9H/b22-18+;15-12+;. The van der Waals surface area contributed by atoms with Crippen molar-refractivity contribution in [2.45, 2.75) is 53.4 Å². The van der Waals surface area contributed by atoms with Crippen molar-refractivity contribution in [1.82, 2.24) is 0 Å². The highest BCUT2D eigenvalue weighted by Gasteiger charge is 2.27. The molecule has 4 rings (SSSR count). The van der Waals surface area contributed by atoms with Crippen LogP contribution in [-0.4, -0.2) is 69.4 Å². The lowest BCUT2D eigenvalue weighted by Crippen LogP contribution is -2.24. The van der Waals surface area contributed by atoms with Crippen molar-refractivity contribution in [2.75, 3.05) is 40.9 Å². The molecule has 0 spiro atoms. The van der Waals surface area contributed by atoms with E-state index < -0.39 is 11.9 Å². The number of alkyl halides is 1. The summed E-state index contributed by atoms with van der Waals surface area (Å²) < 4.78 is 17.2. The molecule has 15 heteroatoms. The predicted molar refractivity (Wildman–Crippen MR) is 218 cm³/mol. The third kappa shape index (κ3) is 13.8. The third-order valence-corrected chi connectivity index (χ3v) is 10.1. The molecule has 0 atom stereocenters. The molecule has 10 nitrogen and oxygen atoms in total. The lowest BCUT2D eigenvalue weighted by Gasteiger charge is -2.23. The zero-order valence-corrected chi connectivity index (χ0v) is 36.2. The van der Waals surface area contributed by atoms with E-state index in [0.29, 0.717) is 47.5 Å². The summed E-state index contributed by atoms with van der Waals surface area (Å²) in [6.45, 7) is 8.53. The average molecular weight is 922 g/mol. The molecule has 0 fully saturated rings. The van der Waals surface area contributed by atoms with Crippen LogP contribution in [0, 0.1) is 0 Å². The number of esters is 2. The summed E-state index contributed by atoms with van der Waals surface area (Å²) in [6, 6.07) is 10.3. The molecule has 0 amide bonds. The lowest BCUT2D eigenvalue weighted by molar-refractivity contribution is -0.133. The molecule has 2 aliphatic rings. The largest absolute Gasteiger partial charge is 0.506 e. The van der Waals surface area contributed by atoms with E-state index in [1.165, 1.54) is 56.8 Å². The minimum atomic E-state index is -0.534. The topological polar surface area (TPSA) is 125 Å². The maximum absolute atomic E-state index is 12.2. The van der Waals surface area contributed by atoms with E-state index in [-0.39, 0.29) is 17.2 Å². The number of phenolic OH excluding ortho intramolecular Hbond substituents is 1. The van der Waals surface area contributed by atoms with Gasteiger partial charge in [-0.05, 0) is 112 Å². The highest BCUT2D eigenvalue weighted by Crippen LogP contribution is 2.34. The maximum atomic E-state index is 12.2. The molecule has 53 heavy (non-hydrogen) atoms. The Morgan fingerprint density at radius 2 is 1.13 bits per heavy atom. The first-order chi connectivity index (χ1) is 25.1. The van der Waals surface area contributed by atoms with Gasteiger partial charge in [0.25, 0.3) is 0 Å². The Hall–Kier alpha value is -3.29. The highest BCUT2D eigenvalue weighted by atomic mass is 79.9. The Morgan fingerprint density at radius 1 is 0.698 bits per heavy atom. The molecule has 2 aliphatic carbocycles. The van der Waals surface area contributed by atoms with E-state index in [1.54, 1.807) is 24.3 Å². The zero-order valence-electron chi connectivity index (χ0n) is 30.8. The number of aromatic hydroxyl groups is 1. The van der Waals surface area contributed by atoms with Gasteiger partial charge in [-0.1, -0.05) is 87.7 Å². The van der Waals surface area contributed by atoms with Gasteiger partial charge in [-0.2, -0.15) is 0 Å². The fraction of sp³-hybridized carbons (Fsp3) is 0.368. The third-order valence-electron chi connectivity index (χ3n) is 8.21. The summed E-state index contributed by atoms with van der Waals surface area (Å²) in [6.07, 6.45) is 2.71. The van der Waals surface area contributed by atoms with E-state index in [2.05, 4.69) is 56.0 Å². The van der Waals surface area contributed by atoms with Crippen molar-refractivity contribution in [1.29, 1.82) is 0 Å². The molecule has 2 aromatic rings. The smallest absolute Gasteiger partial charge is 0.360 e. The fourth-order valence-corrected chi connectivity index (χ4v) is 6.71. The number of phenols is 1. The SMILES string of the molecule is CO/N=C(/C(=O)OC)C1=C(CCl)CC(C)=C(C)C1.CO/N=C(/C(=O)OC)C1=C(COc2ccc(Br)cc2Cl)CC(C)=C(C)C1.Oc1ccc(Br)cc1Cl. The predicted octanol–water partition coefficient (Wildman–Crippen LogP) is 10.7. The molecule has 2 aromatic carbocycles. The van der Waals surface area contributed by atoms with Crippen molar-refractivity contribution in [3.8, 4) is 11.5 Å². The summed E-state index contributed by atoms with van der Waals surface area (Å²) in [4.78, 5) is 33.5. The number of rotatable bonds is 10. The van der Waals surface area contributed by atoms with Gasteiger partial charge < -0.3 is 29.0 Å². The van der Waals surface area contributed by atoms with Crippen LogP contribution >= 0.6 is 66.7 Å². The number of carbonyl (C=O) groups is 2. The van der Waals surface area contributed by atoms with Gasteiger partial charge in [0.1, 0.15) is 32.3 Å². The van der Waals surface area contributed by atoms with Crippen LogP contribution in [0.4, 0.5) is 0 Å². The van der Waals surface area contributed by atoms with Gasteiger partial charge in [-0.25, -0.2) is 9.59 Å². The van der Waals surface area contributed by atoms with Gasteiger partial charge >= 0.3 is 11.9 Å². The number of hydrogen-bond acceptors (Lipinski definition) is 10. The molecule has 0 saturated heterocycles. The van der Waals surface area contributed by atoms with Crippen LogP contribution in [0.2, 0.25) is 10.0 Å². The number of carbonyl (C=O) groups excluding carboxylic acids is 2. The van der Waals surface area contributed by atoms with E-state index in [4.69, 9.17) is 63.8 Å². The molecule has 288 valence electrons. The van der Waals surface area contributed by atoms with Gasteiger partial charge in [-0.3, -0.25) is 0 Å². The molecule has 0 aromatic heterocycles. The number of halogens is 5. The molecule has 0 heterocycles. The number of oxime groups is 2. The molecular formula is C38H43Br2Cl3N2O8. The van der Waals surface area contributed by atoms with Crippen molar-refractivity contribution >= 4 is 90.0 Å². The second-order valence-electron chi connectivity index (χ2n) is 11.8. The monoisotopic (exact) mass is 918 g/mol. The van der Waals surface area contributed by atoms with E-state index in [1.807, 2.05) is 19.9 Å². The number of allylic oxidation sites excluding steroid dienone is 5. The molecule has 1 N–H and O–H groups in total. The van der Waals surface area contributed by atoms with Gasteiger partial charge in [0.2, 0.25) is 0 Å². The number of benzene rings is 2. The lowest BCUT2D eigenvalue weighted by atomic mass is 9.85. The minimum Gasteiger partial charge on any atom is -0.506 e. The Kier molecular flexibility index (Phi) is 19.7. The molecule has 0 radical (unpaired) electrons. The van der Waals surface area contributed by atoms with Crippen LogP contribution in [0.15, 0.2) is 100 Å². The van der Waals surface area contributed by atoms with Crippen molar-refractivity contribution in [3.05, 3.63) is 100.0 Å². The second-order valence-corrected chi connectivity index (χ2v) is 14.7. The summed E-state index contributed by atoms with van der Waals surface area (Å²) in [5.74, 6) is 0.0312. The zero-order chi connectivity index (χ0) is 39.8. The van der Waals surface area contributed by atoms with Gasteiger partial charge in [-0.15, -0.1) is 11.6 Å². The molecule has 0 unspecified atom stereocenters. The summed E-state index contributed by atoms with van der Waals surface area (Å²) in [5, 5.41) is 17.4. The second kappa shape index (κ2) is 22.8. The first kappa shape index (κ1) is 45.9. The summed E-state index contributed by atoms with van der Waals surface area (Å²) >= 11 is 24.3. The van der Waals surface area contributed by atoms with Crippen LogP contribution in [0.25, 0.3) is 0 Å². The number of nitrogens with zero attached hydrogens (tertiary/aromatic N) is 2. The Bertz CT molecular complexity index is 1850. The van der Waals surface area contributed by atoms with Gasteiger partial charge in [0, 0.05) is 14.8 Å². The molecule has 0 aliphatic heterocycles. The maximum Gasteiger partial charge on any atom is 0.360 e. The normalized spacial score (nSPS) is 14.9. The van der Waals surface area contributed by atoms with E-state index >= 15 is 0 Å². The molecule has 0 bridgehead atoms. The van der Waals surface area contributed by atoms with Crippen LogP contribution < -0.4 is 4.74 Å². The van der Waals surface area contributed by atoms with Crippen molar-refractivity contribution in [2.24, 2.45) is 10.3 Å². The van der Waals surface area contributed by atoms with Crippen LogP contribution in [0.5, 0.6) is 11.5 Å². The average Bonchev–Trinajstić information content (AvgIpc) is 3.13. The first-order valence-electron chi connectivity index (χ1n) is 16.0. The number of ether oxygens (including phenoxy) is 3. The minimum absolute atomic E-state index is 0.111. The Morgan fingerprint density at radius 3 is 1.55 bits per heavy atom. The number of hydrogen-bond donors (Lipinski definition) is 1. The fourth-order valence-electron chi connectivity index (χ4n) is 5.05. The summed E-state index contributed by atoms with van der Waals surface area (Å²) in [7, 11) is 5.45. The van der Waals surface area contributed by atoms with Crippen LogP contribution in [0.3, 0.4) is 0 Å². The van der Waals surface area contributed by atoms with Crippen molar-refractivity contribution < 1.29 is 38.6 Å². The van der Waals surface area contributed by atoms with Crippen LogP contribution in [0.1, 0.15) is 53.4 Å². The van der Waals surface area contributed by atoms with E-state index in [0.717, 1.165) is 37.7 Å². The van der Waals surface area contributed by atoms with Crippen LogP contribution in [-0.2, 0) is 28.7 Å². The Balaban J connectivity index is 0.000000309. The Labute approximate surface area is 342 Å².